The van der Waals surface area contributed by atoms with E-state index in [2.05, 4.69) is 5.18 Å². The normalized spacial score (nSPS) is 15.4. The van der Waals surface area contributed by atoms with E-state index in [1.54, 1.807) is 24.6 Å². The molecular weight excluding hydrogens is 142 g/mol. The van der Waals surface area contributed by atoms with Crippen LogP contribution in [0.1, 0.15) is 0 Å². The van der Waals surface area contributed by atoms with Gasteiger partial charge in [0.15, 0.2) is 5.82 Å². The molecule has 0 atom stereocenters. The average Bonchev–Trinajstić information content (AvgIpc) is 2.05. The highest BCUT2D eigenvalue weighted by molar-refractivity contribution is 5.36. The third-order valence-electron chi connectivity index (χ3n) is 1.37. The van der Waals surface area contributed by atoms with Gasteiger partial charge in [0.05, 0.1) is 0 Å². The number of nitrogens with two attached hydrogens (primary N) is 1. The average molecular weight is 151 g/mol. The molecule has 0 aromatic carbocycles. The zero-order chi connectivity index (χ0) is 8.27. The van der Waals surface area contributed by atoms with E-state index >= 15 is 0 Å². The summed E-state index contributed by atoms with van der Waals surface area (Å²) in [5.41, 5.74) is 5.92. The standard InChI is InChI=1S/C7H9N3O/c1-10-4-2-6(3-5-10)7(8)9-11/h2-5H,8H2,1H3. The van der Waals surface area contributed by atoms with E-state index in [1.165, 1.54) is 0 Å². The molecule has 1 aliphatic rings. The van der Waals surface area contributed by atoms with Gasteiger partial charge in [0, 0.05) is 25.0 Å². The van der Waals surface area contributed by atoms with Gasteiger partial charge >= 0.3 is 0 Å². The highest BCUT2D eigenvalue weighted by atomic mass is 16.3. The van der Waals surface area contributed by atoms with Crippen molar-refractivity contribution in [2.24, 2.45) is 10.9 Å². The Labute approximate surface area is 64.6 Å². The van der Waals surface area contributed by atoms with Gasteiger partial charge in [-0.05, 0) is 17.3 Å². The van der Waals surface area contributed by atoms with Crippen molar-refractivity contribution in [1.29, 1.82) is 0 Å². The lowest BCUT2D eigenvalue weighted by atomic mass is 10.2. The van der Waals surface area contributed by atoms with E-state index in [0.29, 0.717) is 5.57 Å². The van der Waals surface area contributed by atoms with E-state index in [1.807, 2.05) is 11.9 Å². The number of nitroso groups, excluding NO2 is 1. The Balaban J connectivity index is 2.87. The summed E-state index contributed by atoms with van der Waals surface area (Å²) < 4.78 is 0. The second kappa shape index (κ2) is 3.01. The van der Waals surface area contributed by atoms with Crippen LogP contribution in [0, 0.1) is 4.91 Å². The Morgan fingerprint density at radius 2 is 2.09 bits per heavy atom. The first-order valence-electron chi connectivity index (χ1n) is 3.15. The van der Waals surface area contributed by atoms with Gasteiger partial charge in [-0.3, -0.25) is 0 Å². The minimum absolute atomic E-state index is 0.0191. The second-order valence-electron chi connectivity index (χ2n) is 2.23. The van der Waals surface area contributed by atoms with E-state index < -0.39 is 0 Å². The van der Waals surface area contributed by atoms with Gasteiger partial charge in [0.2, 0.25) is 0 Å². The monoisotopic (exact) mass is 151 g/mol. The number of rotatable bonds is 1. The van der Waals surface area contributed by atoms with Gasteiger partial charge in [0.25, 0.3) is 0 Å². The van der Waals surface area contributed by atoms with Crippen molar-refractivity contribution in [2.75, 3.05) is 7.05 Å². The number of nitrogens with zero attached hydrogens (tertiary/aromatic N) is 2. The largest absolute Gasteiger partial charge is 0.380 e. The maximum atomic E-state index is 9.97. The molecule has 0 aromatic rings. The molecule has 1 heterocycles. The van der Waals surface area contributed by atoms with Crippen LogP contribution in [0.3, 0.4) is 0 Å². The zero-order valence-electron chi connectivity index (χ0n) is 6.19. The number of hydrogen-bond donors (Lipinski definition) is 1. The third-order valence-corrected chi connectivity index (χ3v) is 1.37. The van der Waals surface area contributed by atoms with Crippen LogP contribution in [0.2, 0.25) is 0 Å². The fourth-order valence-corrected chi connectivity index (χ4v) is 0.724. The lowest BCUT2D eigenvalue weighted by molar-refractivity contribution is 0.619. The van der Waals surface area contributed by atoms with Crippen LogP contribution >= 0.6 is 0 Å². The van der Waals surface area contributed by atoms with Crippen molar-refractivity contribution in [2.45, 2.75) is 0 Å². The Morgan fingerprint density at radius 3 is 2.55 bits per heavy atom. The van der Waals surface area contributed by atoms with E-state index in [9.17, 15) is 4.91 Å². The molecule has 4 nitrogen and oxygen atoms in total. The highest BCUT2D eigenvalue weighted by Crippen LogP contribution is 2.09. The molecule has 0 radical (unpaired) electrons. The van der Waals surface area contributed by atoms with Crippen LogP contribution in [0.25, 0.3) is 0 Å². The fraction of sp³-hybridized carbons (Fsp3) is 0.143. The first-order chi connectivity index (χ1) is 5.24. The molecule has 0 spiro atoms. The van der Waals surface area contributed by atoms with Crippen molar-refractivity contribution in [3.05, 3.63) is 40.9 Å². The Kier molecular flexibility index (Phi) is 2.06. The topological polar surface area (TPSA) is 58.7 Å². The van der Waals surface area contributed by atoms with Crippen LogP contribution in [0.5, 0.6) is 0 Å². The Morgan fingerprint density at radius 1 is 1.55 bits per heavy atom. The van der Waals surface area contributed by atoms with Crippen LogP contribution < -0.4 is 5.73 Å². The minimum Gasteiger partial charge on any atom is -0.380 e. The zero-order valence-corrected chi connectivity index (χ0v) is 6.19. The summed E-state index contributed by atoms with van der Waals surface area (Å²) in [5, 5.41) is 2.62. The van der Waals surface area contributed by atoms with Crippen molar-refractivity contribution >= 4 is 0 Å². The number of allylic oxidation sites excluding steroid dienone is 3. The van der Waals surface area contributed by atoms with Gasteiger partial charge in [-0.25, -0.2) is 0 Å². The van der Waals surface area contributed by atoms with Crippen LogP contribution in [0.15, 0.2) is 41.1 Å². The molecule has 0 saturated carbocycles. The summed E-state index contributed by atoms with van der Waals surface area (Å²) in [5.74, 6) is 0.0191. The Bertz CT molecular complexity index is 236. The van der Waals surface area contributed by atoms with Gasteiger partial charge in [-0.1, -0.05) is 0 Å². The van der Waals surface area contributed by atoms with Crippen LogP contribution in [-0.4, -0.2) is 11.9 Å². The molecule has 0 aromatic heterocycles. The van der Waals surface area contributed by atoms with Crippen molar-refractivity contribution in [3.8, 4) is 0 Å². The van der Waals surface area contributed by atoms with E-state index in [4.69, 9.17) is 5.73 Å². The highest BCUT2D eigenvalue weighted by Gasteiger charge is 2.00. The lowest BCUT2D eigenvalue weighted by Crippen LogP contribution is -2.06. The predicted molar refractivity (Wildman–Crippen MR) is 43.1 cm³/mol. The molecule has 0 fully saturated rings. The summed E-state index contributed by atoms with van der Waals surface area (Å²) in [4.78, 5) is 11.8. The van der Waals surface area contributed by atoms with Gasteiger partial charge in [-0.15, -0.1) is 4.91 Å². The van der Waals surface area contributed by atoms with Gasteiger partial charge < -0.3 is 10.6 Å². The number of hydrogen-bond acceptors (Lipinski definition) is 4. The van der Waals surface area contributed by atoms with Crippen molar-refractivity contribution < 1.29 is 0 Å². The second-order valence-corrected chi connectivity index (χ2v) is 2.23. The summed E-state index contributed by atoms with van der Waals surface area (Å²) in [6, 6.07) is 0. The quantitative estimate of drug-likeness (QED) is 0.566. The molecule has 0 bridgehead atoms. The summed E-state index contributed by atoms with van der Waals surface area (Å²) in [6.45, 7) is 0. The van der Waals surface area contributed by atoms with Crippen molar-refractivity contribution in [1.82, 2.24) is 4.90 Å². The first-order valence-corrected chi connectivity index (χ1v) is 3.15. The third kappa shape index (κ3) is 1.67. The van der Waals surface area contributed by atoms with E-state index in [-0.39, 0.29) is 5.82 Å². The molecule has 1 rings (SSSR count). The maximum Gasteiger partial charge on any atom is 0.175 e. The predicted octanol–water partition coefficient (Wildman–Crippen LogP) is 0.896. The lowest BCUT2D eigenvalue weighted by Gasteiger charge is -2.11. The first kappa shape index (κ1) is 7.53. The van der Waals surface area contributed by atoms with Gasteiger partial charge in [-0.2, -0.15) is 0 Å². The summed E-state index contributed by atoms with van der Waals surface area (Å²) in [7, 11) is 1.88. The van der Waals surface area contributed by atoms with Gasteiger partial charge in [0.1, 0.15) is 0 Å². The SMILES string of the molecule is CN1C=CC(=C(N)N=O)C=C1. The molecule has 0 amide bonds. The molecule has 0 aliphatic carbocycles. The molecule has 58 valence electrons. The maximum absolute atomic E-state index is 9.97. The molecule has 11 heavy (non-hydrogen) atoms. The minimum atomic E-state index is 0.0191. The summed E-state index contributed by atoms with van der Waals surface area (Å²) >= 11 is 0. The smallest absolute Gasteiger partial charge is 0.175 e. The molecule has 0 saturated heterocycles. The van der Waals surface area contributed by atoms with E-state index in [0.717, 1.165) is 0 Å². The molecule has 2 N–H and O–H groups in total. The van der Waals surface area contributed by atoms with Crippen LogP contribution in [0.4, 0.5) is 0 Å². The Hall–Kier alpha value is -1.58. The molecule has 1 aliphatic heterocycles. The van der Waals surface area contributed by atoms with Crippen LogP contribution in [-0.2, 0) is 0 Å². The molecular formula is C7H9N3O. The fourth-order valence-electron chi connectivity index (χ4n) is 0.724. The molecule has 4 heteroatoms. The molecule has 0 unspecified atom stereocenters. The summed E-state index contributed by atoms with van der Waals surface area (Å²) in [6.07, 6.45) is 7.06. The van der Waals surface area contributed by atoms with Crippen molar-refractivity contribution in [3.63, 3.8) is 0 Å².